The molecule has 1 saturated carbocycles. The number of hydrazine groups is 1. The molecule has 0 saturated heterocycles. The van der Waals surface area contributed by atoms with E-state index in [1.54, 1.807) is 0 Å². The minimum absolute atomic E-state index is 0.541. The number of nitrogens with one attached hydrogen (secondary N) is 1. The Balaban J connectivity index is 2.38. The molecular weight excluding hydrogens is 220 g/mol. The molecular formula is C16H34N2. The molecule has 0 aromatic heterocycles. The van der Waals surface area contributed by atoms with E-state index in [0.29, 0.717) is 6.04 Å². The van der Waals surface area contributed by atoms with Crippen molar-refractivity contribution in [3.63, 3.8) is 0 Å². The van der Waals surface area contributed by atoms with Crippen LogP contribution in [0.2, 0.25) is 0 Å². The van der Waals surface area contributed by atoms with Gasteiger partial charge in [0.1, 0.15) is 0 Å². The summed E-state index contributed by atoms with van der Waals surface area (Å²) in [7, 11) is 0. The zero-order valence-corrected chi connectivity index (χ0v) is 12.9. The van der Waals surface area contributed by atoms with Crippen LogP contribution in [0.1, 0.15) is 72.6 Å². The molecule has 2 heteroatoms. The van der Waals surface area contributed by atoms with Gasteiger partial charge in [-0.25, -0.2) is 0 Å². The van der Waals surface area contributed by atoms with E-state index in [1.165, 1.54) is 44.9 Å². The second kappa shape index (κ2) is 8.16. The second-order valence-electron chi connectivity index (χ2n) is 6.82. The smallest absolute Gasteiger partial charge is 0.0241 e. The summed E-state index contributed by atoms with van der Waals surface area (Å²) in [6, 6.07) is 0.541. The van der Waals surface area contributed by atoms with Crippen molar-refractivity contribution in [1.29, 1.82) is 0 Å². The van der Waals surface area contributed by atoms with Crippen LogP contribution >= 0.6 is 0 Å². The zero-order chi connectivity index (χ0) is 13.5. The molecule has 0 aliphatic heterocycles. The van der Waals surface area contributed by atoms with E-state index in [-0.39, 0.29) is 0 Å². The van der Waals surface area contributed by atoms with E-state index in [4.69, 9.17) is 5.84 Å². The lowest BCUT2D eigenvalue weighted by atomic mass is 9.73. The van der Waals surface area contributed by atoms with Gasteiger partial charge in [0.05, 0.1) is 0 Å². The van der Waals surface area contributed by atoms with Gasteiger partial charge in [0.2, 0.25) is 0 Å². The molecule has 0 radical (unpaired) electrons. The highest BCUT2D eigenvalue weighted by atomic mass is 15.2. The Morgan fingerprint density at radius 1 is 1.06 bits per heavy atom. The van der Waals surface area contributed by atoms with E-state index in [0.717, 1.165) is 23.7 Å². The predicted octanol–water partition coefficient (Wildman–Crippen LogP) is 4.11. The van der Waals surface area contributed by atoms with E-state index in [2.05, 4.69) is 33.1 Å². The lowest BCUT2D eigenvalue weighted by molar-refractivity contribution is 0.174. The largest absolute Gasteiger partial charge is 0.271 e. The summed E-state index contributed by atoms with van der Waals surface area (Å²) in [5, 5.41) is 0. The highest BCUT2D eigenvalue weighted by Crippen LogP contribution is 2.36. The Bertz CT molecular complexity index is 207. The van der Waals surface area contributed by atoms with Gasteiger partial charge in [0.25, 0.3) is 0 Å². The number of hydrogen-bond donors (Lipinski definition) is 2. The minimum atomic E-state index is 0.541. The van der Waals surface area contributed by atoms with Crippen LogP contribution in [-0.4, -0.2) is 6.04 Å². The van der Waals surface area contributed by atoms with E-state index in [9.17, 15) is 0 Å². The van der Waals surface area contributed by atoms with Crippen molar-refractivity contribution in [3.05, 3.63) is 0 Å². The van der Waals surface area contributed by atoms with Crippen LogP contribution in [0, 0.1) is 23.7 Å². The Hall–Kier alpha value is -0.0800. The van der Waals surface area contributed by atoms with Gasteiger partial charge in [-0.2, -0.15) is 0 Å². The maximum Gasteiger partial charge on any atom is 0.0241 e. The molecule has 0 bridgehead atoms. The SMILES string of the molecule is CCCC(C)CC(NN)C1CCC(C(C)C)CC1. The number of rotatable bonds is 7. The van der Waals surface area contributed by atoms with Crippen LogP contribution in [0.15, 0.2) is 0 Å². The molecule has 108 valence electrons. The van der Waals surface area contributed by atoms with Crippen LogP contribution < -0.4 is 11.3 Å². The summed E-state index contributed by atoms with van der Waals surface area (Å²) in [6.07, 6.45) is 9.43. The molecule has 2 unspecified atom stereocenters. The van der Waals surface area contributed by atoms with E-state index < -0.39 is 0 Å². The third-order valence-electron chi connectivity index (χ3n) is 4.98. The van der Waals surface area contributed by atoms with Crippen molar-refractivity contribution >= 4 is 0 Å². The van der Waals surface area contributed by atoms with Crippen LogP contribution in [0.25, 0.3) is 0 Å². The standard InChI is InChI=1S/C16H34N2/c1-5-6-13(4)11-16(18-17)15-9-7-14(8-10-15)12(2)3/h12-16,18H,5-11,17H2,1-4H3. The fraction of sp³-hybridized carbons (Fsp3) is 1.00. The average molecular weight is 254 g/mol. The summed E-state index contributed by atoms with van der Waals surface area (Å²) in [5.41, 5.74) is 3.11. The molecule has 1 rings (SSSR count). The third kappa shape index (κ3) is 4.89. The number of nitrogens with two attached hydrogens (primary N) is 1. The van der Waals surface area contributed by atoms with Gasteiger partial charge in [-0.3, -0.25) is 11.3 Å². The molecule has 0 heterocycles. The van der Waals surface area contributed by atoms with Crippen molar-refractivity contribution in [2.45, 2.75) is 78.7 Å². The summed E-state index contributed by atoms with van der Waals surface area (Å²) in [4.78, 5) is 0. The molecule has 2 atom stereocenters. The summed E-state index contributed by atoms with van der Waals surface area (Å²) in [6.45, 7) is 9.38. The number of hydrogen-bond acceptors (Lipinski definition) is 2. The maximum absolute atomic E-state index is 5.79. The van der Waals surface area contributed by atoms with Crippen LogP contribution in [0.5, 0.6) is 0 Å². The van der Waals surface area contributed by atoms with Gasteiger partial charge < -0.3 is 0 Å². The first-order valence-corrected chi connectivity index (χ1v) is 8.04. The monoisotopic (exact) mass is 254 g/mol. The van der Waals surface area contributed by atoms with Gasteiger partial charge in [0, 0.05) is 6.04 Å². The van der Waals surface area contributed by atoms with Crippen LogP contribution in [0.3, 0.4) is 0 Å². The Kier molecular flexibility index (Phi) is 7.25. The summed E-state index contributed by atoms with van der Waals surface area (Å²) < 4.78 is 0. The van der Waals surface area contributed by atoms with E-state index >= 15 is 0 Å². The zero-order valence-electron chi connectivity index (χ0n) is 12.9. The molecule has 2 nitrogen and oxygen atoms in total. The molecule has 1 fully saturated rings. The molecule has 0 aromatic rings. The van der Waals surface area contributed by atoms with E-state index in [1.807, 2.05) is 0 Å². The molecule has 0 spiro atoms. The Labute approximate surface area is 114 Å². The predicted molar refractivity (Wildman–Crippen MR) is 80.1 cm³/mol. The maximum atomic E-state index is 5.79. The Morgan fingerprint density at radius 2 is 1.61 bits per heavy atom. The van der Waals surface area contributed by atoms with Crippen molar-refractivity contribution in [3.8, 4) is 0 Å². The first-order chi connectivity index (χ1) is 8.58. The van der Waals surface area contributed by atoms with Gasteiger partial charge in [0.15, 0.2) is 0 Å². The fourth-order valence-corrected chi connectivity index (χ4v) is 3.65. The van der Waals surface area contributed by atoms with Crippen LogP contribution in [0.4, 0.5) is 0 Å². The highest BCUT2D eigenvalue weighted by molar-refractivity contribution is 4.82. The van der Waals surface area contributed by atoms with Gasteiger partial charge in [-0.15, -0.1) is 0 Å². The molecule has 0 amide bonds. The second-order valence-corrected chi connectivity index (χ2v) is 6.82. The van der Waals surface area contributed by atoms with Gasteiger partial charge >= 0.3 is 0 Å². The van der Waals surface area contributed by atoms with Crippen molar-refractivity contribution < 1.29 is 0 Å². The molecule has 3 N–H and O–H groups in total. The van der Waals surface area contributed by atoms with Crippen molar-refractivity contribution in [2.75, 3.05) is 0 Å². The molecule has 0 aromatic carbocycles. The quantitative estimate of drug-likeness (QED) is 0.530. The van der Waals surface area contributed by atoms with Gasteiger partial charge in [-0.1, -0.05) is 40.5 Å². The summed E-state index contributed by atoms with van der Waals surface area (Å²) in [5.74, 6) is 9.21. The highest BCUT2D eigenvalue weighted by Gasteiger charge is 2.28. The normalized spacial score (nSPS) is 28.3. The van der Waals surface area contributed by atoms with Gasteiger partial charge in [-0.05, 0) is 55.8 Å². The topological polar surface area (TPSA) is 38.0 Å². The van der Waals surface area contributed by atoms with Crippen molar-refractivity contribution in [1.82, 2.24) is 5.43 Å². The Morgan fingerprint density at radius 3 is 2.06 bits per heavy atom. The lowest BCUT2D eigenvalue weighted by Crippen LogP contribution is -2.43. The molecule has 1 aliphatic rings. The fourth-order valence-electron chi connectivity index (χ4n) is 3.65. The van der Waals surface area contributed by atoms with Crippen molar-refractivity contribution in [2.24, 2.45) is 29.5 Å². The average Bonchev–Trinajstić information content (AvgIpc) is 2.36. The first kappa shape index (κ1) is 16.0. The lowest BCUT2D eigenvalue weighted by Gasteiger charge is -2.36. The summed E-state index contributed by atoms with van der Waals surface area (Å²) >= 11 is 0. The first-order valence-electron chi connectivity index (χ1n) is 8.04. The third-order valence-corrected chi connectivity index (χ3v) is 4.98. The van der Waals surface area contributed by atoms with Crippen LogP contribution in [-0.2, 0) is 0 Å². The minimum Gasteiger partial charge on any atom is -0.271 e. The molecule has 1 aliphatic carbocycles. The molecule has 18 heavy (non-hydrogen) atoms.